The van der Waals surface area contributed by atoms with Crippen LogP contribution in [0, 0.1) is 0 Å². The summed E-state index contributed by atoms with van der Waals surface area (Å²) in [5.74, 6) is 0. The van der Waals surface area contributed by atoms with Crippen LogP contribution < -0.4 is 0 Å². The highest BCUT2D eigenvalue weighted by molar-refractivity contribution is 5.94. The standard InChI is InChI=1S/3C17H22N4/c1-16(2,3)14-15(17(4,5)6)21-13-8-11-10(18-9-19-11)7-12(13)20-14;2*1-16(2,3)14-15(17(4,5)6)20-13-8-11-10(9-18-21-11)7-12(13)19-14/h7-9,20H,1-6H3;2*7-9H,1-6H3,(H,18,21). The van der Waals surface area contributed by atoms with E-state index in [2.05, 4.69) is 172 Å². The van der Waals surface area contributed by atoms with Gasteiger partial charge in [0, 0.05) is 49.0 Å². The van der Waals surface area contributed by atoms with Crippen LogP contribution in [0.2, 0.25) is 0 Å². The van der Waals surface area contributed by atoms with Crippen molar-refractivity contribution in [1.29, 1.82) is 0 Å². The van der Waals surface area contributed by atoms with Gasteiger partial charge in [-0.2, -0.15) is 10.2 Å². The molecule has 0 saturated heterocycles. The molecule has 3 N–H and O–H groups in total. The average Bonchev–Trinajstić information content (AvgIpc) is 3.93. The quantitative estimate of drug-likeness (QED) is 0.135. The Hall–Kier alpha value is -5.91. The lowest BCUT2D eigenvalue weighted by Gasteiger charge is -2.29. The minimum Gasteiger partial charge on any atom is -0.355 e. The number of H-pyrrole nitrogens is 3. The van der Waals surface area contributed by atoms with Crippen molar-refractivity contribution in [3.8, 4) is 0 Å². The van der Waals surface area contributed by atoms with Crippen molar-refractivity contribution in [3.63, 3.8) is 0 Å². The first-order valence-corrected chi connectivity index (χ1v) is 22.0. The first kappa shape index (κ1) is 45.1. The van der Waals surface area contributed by atoms with E-state index in [1.807, 2.05) is 36.7 Å². The van der Waals surface area contributed by atoms with Gasteiger partial charge in [0.15, 0.2) is 0 Å². The molecule has 0 unspecified atom stereocenters. The molecule has 0 radical (unpaired) electrons. The van der Waals surface area contributed by atoms with Crippen LogP contribution in [0.1, 0.15) is 159 Å². The predicted molar refractivity (Wildman–Crippen MR) is 260 cm³/mol. The van der Waals surface area contributed by atoms with Crippen LogP contribution in [0.15, 0.2) is 55.1 Å². The highest BCUT2D eigenvalue weighted by Gasteiger charge is 2.31. The molecule has 0 aliphatic carbocycles. The lowest BCUT2D eigenvalue weighted by Crippen LogP contribution is -2.25. The van der Waals surface area contributed by atoms with E-state index in [4.69, 9.17) is 24.9 Å². The molecule has 0 amide bonds. The first-order chi connectivity index (χ1) is 29.0. The summed E-state index contributed by atoms with van der Waals surface area (Å²) in [4.78, 5) is 36.8. The number of nitrogens with zero attached hydrogens (tertiary/aromatic N) is 9. The van der Waals surface area contributed by atoms with Gasteiger partial charge in [0.05, 0.1) is 96.0 Å². The van der Waals surface area contributed by atoms with Gasteiger partial charge in [-0.3, -0.25) is 10.2 Å². The van der Waals surface area contributed by atoms with E-state index in [9.17, 15) is 0 Å². The summed E-state index contributed by atoms with van der Waals surface area (Å²) in [5.41, 5.74) is 15.9. The number of nitrogens with one attached hydrogen (secondary N) is 3. The van der Waals surface area contributed by atoms with Crippen LogP contribution in [0.25, 0.3) is 65.9 Å². The van der Waals surface area contributed by atoms with E-state index in [0.717, 1.165) is 94.4 Å². The third kappa shape index (κ3) is 9.41. The maximum Gasteiger partial charge on any atom is 0.116 e. The summed E-state index contributed by atoms with van der Waals surface area (Å²) >= 11 is 0. The SMILES string of the molecule is CC(C)(C)c1nc2cc3cn[nH]c3cc2nc1C(C)(C)C.CC(C)(C)c1nc2cc3cn[nH]c3cc2nc1C(C)(C)C.CC(C)(C)c1nc2cc3ncnc3cc2[nH]c1C(C)(C)C. The largest absolute Gasteiger partial charge is 0.355 e. The molecule has 0 spiro atoms. The van der Waals surface area contributed by atoms with Gasteiger partial charge in [-0.1, -0.05) is 125 Å². The fraction of sp³-hybridized carbons (Fsp3) is 0.471. The van der Waals surface area contributed by atoms with Crippen molar-refractivity contribution < 1.29 is 0 Å². The highest BCUT2D eigenvalue weighted by atomic mass is 15.1. The summed E-state index contributed by atoms with van der Waals surface area (Å²) in [7, 11) is 0. The van der Waals surface area contributed by atoms with E-state index in [1.165, 1.54) is 5.69 Å². The molecule has 6 aromatic heterocycles. The number of hydrogen-bond donors (Lipinski definition) is 3. The lowest BCUT2D eigenvalue weighted by atomic mass is 9.81. The average molecular weight is 847 g/mol. The van der Waals surface area contributed by atoms with Crippen LogP contribution in [-0.4, -0.2) is 60.3 Å². The van der Waals surface area contributed by atoms with Gasteiger partial charge in [-0.05, 0) is 36.4 Å². The van der Waals surface area contributed by atoms with E-state index >= 15 is 0 Å². The smallest absolute Gasteiger partial charge is 0.116 e. The summed E-state index contributed by atoms with van der Waals surface area (Å²) in [6, 6.07) is 12.2. The maximum absolute atomic E-state index is 4.94. The molecule has 330 valence electrons. The summed E-state index contributed by atoms with van der Waals surface area (Å²) in [6.45, 7) is 39.5. The van der Waals surface area contributed by atoms with E-state index in [1.54, 1.807) is 6.33 Å². The molecule has 0 fully saturated rings. The van der Waals surface area contributed by atoms with Gasteiger partial charge in [0.2, 0.25) is 0 Å². The van der Waals surface area contributed by atoms with Crippen molar-refractivity contribution in [2.24, 2.45) is 0 Å². The topological polar surface area (TPSA) is 163 Å². The number of aromatic nitrogens is 12. The number of benzene rings is 3. The number of imidazole rings is 1. The van der Waals surface area contributed by atoms with E-state index in [0.29, 0.717) is 0 Å². The Morgan fingerprint density at radius 1 is 0.333 bits per heavy atom. The van der Waals surface area contributed by atoms with Gasteiger partial charge in [-0.15, -0.1) is 0 Å². The molecule has 63 heavy (non-hydrogen) atoms. The normalized spacial score (nSPS) is 13.2. The Kier molecular flexibility index (Phi) is 11.0. The molecular formula is C51H66N12. The second-order valence-electron chi connectivity index (χ2n) is 23.1. The van der Waals surface area contributed by atoms with Gasteiger partial charge in [-0.25, -0.2) is 34.9 Å². The van der Waals surface area contributed by atoms with Gasteiger partial charge >= 0.3 is 0 Å². The number of rotatable bonds is 0. The predicted octanol–water partition coefficient (Wildman–Crippen LogP) is 12.3. The van der Waals surface area contributed by atoms with Crippen molar-refractivity contribution in [2.45, 2.75) is 157 Å². The molecular weight excluding hydrogens is 781 g/mol. The fourth-order valence-electron chi connectivity index (χ4n) is 7.65. The first-order valence-electron chi connectivity index (χ1n) is 22.0. The summed E-state index contributed by atoms with van der Waals surface area (Å²) in [6.07, 6.45) is 5.24. The van der Waals surface area contributed by atoms with Gasteiger partial charge < -0.3 is 4.98 Å². The van der Waals surface area contributed by atoms with Crippen molar-refractivity contribution in [3.05, 3.63) is 89.3 Å². The molecule has 12 nitrogen and oxygen atoms in total. The van der Waals surface area contributed by atoms with Crippen molar-refractivity contribution in [2.75, 3.05) is 0 Å². The van der Waals surface area contributed by atoms with Crippen molar-refractivity contribution in [1.82, 2.24) is 60.3 Å². The third-order valence-electron chi connectivity index (χ3n) is 11.0. The van der Waals surface area contributed by atoms with E-state index in [-0.39, 0.29) is 32.5 Å². The van der Waals surface area contributed by atoms with Crippen LogP contribution in [0.5, 0.6) is 0 Å². The molecule has 3 aromatic carbocycles. The maximum atomic E-state index is 4.94. The summed E-state index contributed by atoms with van der Waals surface area (Å²) in [5, 5.41) is 16.3. The zero-order valence-electron chi connectivity index (χ0n) is 40.7. The molecule has 0 saturated carbocycles. The van der Waals surface area contributed by atoms with Crippen LogP contribution in [0.3, 0.4) is 0 Å². The Morgan fingerprint density at radius 3 is 1.03 bits per heavy atom. The van der Waals surface area contributed by atoms with Crippen LogP contribution >= 0.6 is 0 Å². The second kappa shape index (κ2) is 15.4. The zero-order chi connectivity index (χ0) is 46.2. The highest BCUT2D eigenvalue weighted by Crippen LogP contribution is 2.36. The molecule has 12 heteroatoms. The number of aromatic amines is 3. The van der Waals surface area contributed by atoms with Crippen LogP contribution in [-0.2, 0) is 32.5 Å². The third-order valence-corrected chi connectivity index (χ3v) is 11.0. The van der Waals surface area contributed by atoms with Gasteiger partial charge in [0.25, 0.3) is 0 Å². The van der Waals surface area contributed by atoms with Gasteiger partial charge in [0.1, 0.15) is 6.33 Å². The number of hydrogen-bond acceptors (Lipinski definition) is 9. The molecule has 6 heterocycles. The molecule has 9 rings (SSSR count). The Bertz CT molecular complexity index is 2580. The molecule has 0 aliphatic rings. The zero-order valence-corrected chi connectivity index (χ0v) is 40.7. The molecule has 0 aliphatic heterocycles. The lowest BCUT2D eigenvalue weighted by molar-refractivity contribution is 0.502. The minimum atomic E-state index is -0.0350. The Labute approximate surface area is 371 Å². The fourth-order valence-corrected chi connectivity index (χ4v) is 7.65. The Morgan fingerprint density at radius 2 is 0.667 bits per heavy atom. The molecule has 0 atom stereocenters. The Balaban J connectivity index is 0.000000142. The molecule has 9 aromatic rings. The minimum absolute atomic E-state index is 0.0104. The summed E-state index contributed by atoms with van der Waals surface area (Å²) < 4.78 is 0. The number of fused-ring (bicyclic) bond motifs is 6. The molecule has 0 bridgehead atoms. The second-order valence-corrected chi connectivity index (χ2v) is 23.1. The van der Waals surface area contributed by atoms with E-state index < -0.39 is 0 Å². The van der Waals surface area contributed by atoms with Crippen molar-refractivity contribution >= 4 is 65.9 Å². The monoisotopic (exact) mass is 847 g/mol. The van der Waals surface area contributed by atoms with Crippen LogP contribution in [0.4, 0.5) is 0 Å².